The molecule has 0 fully saturated rings. The van der Waals surface area contributed by atoms with Crippen LogP contribution in [0, 0.1) is 0 Å². The molecular weight excluding hydrogens is 498 g/mol. The zero-order valence-electron chi connectivity index (χ0n) is 23.0. The smallest absolute Gasteiger partial charge is 0.0973 e. The average molecular weight is 526 g/mol. The van der Waals surface area contributed by atoms with Gasteiger partial charge in [-0.1, -0.05) is 98.8 Å². The molecule has 0 aliphatic heterocycles. The third kappa shape index (κ3) is 3.77. The van der Waals surface area contributed by atoms with E-state index in [0.717, 1.165) is 44.5 Å². The number of benzene rings is 4. The molecule has 3 heteroatoms. The van der Waals surface area contributed by atoms with Crippen molar-refractivity contribution in [3.63, 3.8) is 0 Å². The summed E-state index contributed by atoms with van der Waals surface area (Å²) in [6, 6.07) is 42.9. The summed E-state index contributed by atoms with van der Waals surface area (Å²) in [5, 5.41) is 2.14. The molecule has 0 radical (unpaired) electrons. The molecule has 0 amide bonds. The van der Waals surface area contributed by atoms with E-state index in [9.17, 15) is 0 Å². The summed E-state index contributed by atoms with van der Waals surface area (Å²) in [6.07, 6.45) is 1.80. The summed E-state index contributed by atoms with van der Waals surface area (Å²) in [5.74, 6) is 0. The van der Waals surface area contributed by atoms with Gasteiger partial charge in [-0.15, -0.1) is 0 Å². The van der Waals surface area contributed by atoms with E-state index in [-0.39, 0.29) is 5.41 Å². The Labute approximate surface area is 239 Å². The molecule has 1 aliphatic carbocycles. The minimum atomic E-state index is -0.0262. The van der Waals surface area contributed by atoms with Gasteiger partial charge in [-0.05, 0) is 69.8 Å². The summed E-state index contributed by atoms with van der Waals surface area (Å²) in [7, 11) is 0. The van der Waals surface area contributed by atoms with E-state index in [1.165, 1.54) is 33.4 Å². The van der Waals surface area contributed by atoms with E-state index in [1.54, 1.807) is 6.20 Å². The number of aromatic nitrogens is 3. The van der Waals surface area contributed by atoms with E-state index in [2.05, 4.69) is 116 Å². The van der Waals surface area contributed by atoms with Crippen LogP contribution in [0.1, 0.15) is 25.0 Å². The number of rotatable bonds is 3. The highest BCUT2D eigenvalue weighted by molar-refractivity contribution is 6.04. The summed E-state index contributed by atoms with van der Waals surface area (Å²) >= 11 is 0. The standard InChI is InChI=1S/C38H27N3/c1-38(2)31-11-4-3-10-29(31)30-18-15-27(23-32(30)38)26-8-7-9-28(22-26)33-19-16-24-13-14-25-17-20-35(34-12-5-6-21-39-34)41-37(25)36(24)40-33/h3-23H,1-2H3. The van der Waals surface area contributed by atoms with Crippen LogP contribution in [0.4, 0.5) is 0 Å². The Morgan fingerprint density at radius 3 is 1.93 bits per heavy atom. The summed E-state index contributed by atoms with van der Waals surface area (Å²) in [6.45, 7) is 4.66. The average Bonchev–Trinajstić information content (AvgIpc) is 3.27. The topological polar surface area (TPSA) is 38.7 Å². The molecule has 7 aromatic rings. The van der Waals surface area contributed by atoms with Crippen LogP contribution in [0.3, 0.4) is 0 Å². The van der Waals surface area contributed by atoms with Crippen LogP contribution in [0.15, 0.2) is 128 Å². The van der Waals surface area contributed by atoms with Crippen molar-refractivity contribution in [3.8, 4) is 44.9 Å². The van der Waals surface area contributed by atoms with Gasteiger partial charge < -0.3 is 0 Å². The molecule has 0 atom stereocenters. The molecule has 8 rings (SSSR count). The van der Waals surface area contributed by atoms with Crippen LogP contribution in [-0.4, -0.2) is 15.0 Å². The predicted molar refractivity (Wildman–Crippen MR) is 169 cm³/mol. The molecule has 0 bridgehead atoms. The summed E-state index contributed by atoms with van der Waals surface area (Å²) in [5.41, 5.74) is 13.4. The van der Waals surface area contributed by atoms with Gasteiger partial charge >= 0.3 is 0 Å². The minimum absolute atomic E-state index is 0.0262. The maximum absolute atomic E-state index is 5.17. The summed E-state index contributed by atoms with van der Waals surface area (Å²) < 4.78 is 0. The third-order valence-corrected chi connectivity index (χ3v) is 8.52. The number of hydrogen-bond acceptors (Lipinski definition) is 3. The fourth-order valence-corrected chi connectivity index (χ4v) is 6.33. The van der Waals surface area contributed by atoms with Crippen LogP contribution >= 0.6 is 0 Å². The van der Waals surface area contributed by atoms with Gasteiger partial charge in [-0.2, -0.15) is 0 Å². The molecule has 1 aliphatic rings. The third-order valence-electron chi connectivity index (χ3n) is 8.52. The molecule has 0 unspecified atom stereocenters. The first-order chi connectivity index (χ1) is 20.1. The number of fused-ring (bicyclic) bond motifs is 6. The van der Waals surface area contributed by atoms with Crippen molar-refractivity contribution in [3.05, 3.63) is 139 Å². The molecule has 3 nitrogen and oxygen atoms in total. The highest BCUT2D eigenvalue weighted by Gasteiger charge is 2.35. The second-order valence-corrected chi connectivity index (χ2v) is 11.3. The number of pyridine rings is 3. The van der Waals surface area contributed by atoms with Gasteiger partial charge in [0.05, 0.1) is 28.1 Å². The van der Waals surface area contributed by atoms with Gasteiger partial charge in [-0.3, -0.25) is 4.98 Å². The number of nitrogens with zero attached hydrogens (tertiary/aromatic N) is 3. The molecule has 41 heavy (non-hydrogen) atoms. The van der Waals surface area contributed by atoms with Crippen LogP contribution in [0.25, 0.3) is 66.7 Å². The first-order valence-corrected chi connectivity index (χ1v) is 14.0. The van der Waals surface area contributed by atoms with Crippen molar-refractivity contribution in [2.45, 2.75) is 19.3 Å². The van der Waals surface area contributed by atoms with Gasteiger partial charge in [0, 0.05) is 27.9 Å². The largest absolute Gasteiger partial charge is 0.255 e. The first-order valence-electron chi connectivity index (χ1n) is 14.0. The fraction of sp³-hybridized carbons (Fsp3) is 0.0789. The molecule has 0 saturated carbocycles. The van der Waals surface area contributed by atoms with E-state index in [4.69, 9.17) is 9.97 Å². The molecule has 0 N–H and O–H groups in total. The van der Waals surface area contributed by atoms with Crippen molar-refractivity contribution >= 4 is 21.8 Å². The Balaban J connectivity index is 1.22. The Morgan fingerprint density at radius 1 is 0.463 bits per heavy atom. The van der Waals surface area contributed by atoms with Crippen molar-refractivity contribution in [2.75, 3.05) is 0 Å². The van der Waals surface area contributed by atoms with Crippen LogP contribution in [0.2, 0.25) is 0 Å². The van der Waals surface area contributed by atoms with Gasteiger partial charge in [0.2, 0.25) is 0 Å². The lowest BCUT2D eigenvalue weighted by Crippen LogP contribution is -2.14. The zero-order chi connectivity index (χ0) is 27.6. The second kappa shape index (κ2) is 8.94. The van der Waals surface area contributed by atoms with Crippen LogP contribution in [0.5, 0.6) is 0 Å². The van der Waals surface area contributed by atoms with E-state index < -0.39 is 0 Å². The maximum Gasteiger partial charge on any atom is 0.0973 e. The van der Waals surface area contributed by atoms with Gasteiger partial charge in [0.25, 0.3) is 0 Å². The first kappa shape index (κ1) is 23.7. The van der Waals surface area contributed by atoms with Crippen LogP contribution in [-0.2, 0) is 5.41 Å². The van der Waals surface area contributed by atoms with E-state index >= 15 is 0 Å². The normalized spacial score (nSPS) is 13.3. The monoisotopic (exact) mass is 525 g/mol. The quantitative estimate of drug-likeness (QED) is 0.216. The van der Waals surface area contributed by atoms with Gasteiger partial charge in [-0.25, -0.2) is 9.97 Å². The lowest BCUT2D eigenvalue weighted by molar-refractivity contribution is 0.660. The summed E-state index contributed by atoms with van der Waals surface area (Å²) in [4.78, 5) is 14.7. The van der Waals surface area contributed by atoms with E-state index in [0.29, 0.717) is 0 Å². The Hall–Kier alpha value is -5.15. The zero-order valence-corrected chi connectivity index (χ0v) is 23.0. The Bertz CT molecular complexity index is 2130. The fourth-order valence-electron chi connectivity index (χ4n) is 6.33. The second-order valence-electron chi connectivity index (χ2n) is 11.3. The predicted octanol–water partition coefficient (Wildman–Crippen LogP) is 9.49. The maximum atomic E-state index is 5.17. The minimum Gasteiger partial charge on any atom is -0.255 e. The van der Waals surface area contributed by atoms with Crippen LogP contribution < -0.4 is 0 Å². The molecule has 4 aromatic carbocycles. The molecule has 3 aromatic heterocycles. The molecular formula is C38H27N3. The lowest BCUT2D eigenvalue weighted by atomic mass is 9.81. The van der Waals surface area contributed by atoms with Crippen molar-refractivity contribution in [2.24, 2.45) is 0 Å². The van der Waals surface area contributed by atoms with Gasteiger partial charge in [0.15, 0.2) is 0 Å². The molecule has 3 heterocycles. The SMILES string of the molecule is CC1(C)c2ccccc2-c2ccc(-c3cccc(-c4ccc5ccc6ccc(-c7ccccn7)nc6c5n4)c3)cc21. The lowest BCUT2D eigenvalue weighted by Gasteiger charge is -2.22. The van der Waals surface area contributed by atoms with E-state index in [1.807, 2.05) is 24.3 Å². The van der Waals surface area contributed by atoms with Gasteiger partial charge in [0.1, 0.15) is 0 Å². The Kier molecular flexibility index (Phi) is 5.17. The highest BCUT2D eigenvalue weighted by Crippen LogP contribution is 2.49. The van der Waals surface area contributed by atoms with Crippen molar-refractivity contribution in [1.29, 1.82) is 0 Å². The highest BCUT2D eigenvalue weighted by atomic mass is 14.8. The van der Waals surface area contributed by atoms with Crippen molar-refractivity contribution < 1.29 is 0 Å². The number of hydrogen-bond donors (Lipinski definition) is 0. The molecule has 0 spiro atoms. The van der Waals surface area contributed by atoms with Crippen molar-refractivity contribution in [1.82, 2.24) is 15.0 Å². The molecule has 0 saturated heterocycles. The molecule has 194 valence electrons. The Morgan fingerprint density at radius 2 is 1.12 bits per heavy atom.